The lowest BCUT2D eigenvalue weighted by atomic mass is 9.77. The second kappa shape index (κ2) is 13.3. The van der Waals surface area contributed by atoms with Gasteiger partial charge >= 0.3 is 5.97 Å². The summed E-state index contributed by atoms with van der Waals surface area (Å²) in [4.78, 5) is 32.8. The van der Waals surface area contributed by atoms with Crippen molar-refractivity contribution in [3.05, 3.63) is 105 Å². The second-order valence-corrected chi connectivity index (χ2v) is 13.4. The molecule has 2 N–H and O–H groups in total. The number of benzene rings is 4. The number of carbonyl (C=O) groups excluding carboxylic acids is 2. The van der Waals surface area contributed by atoms with Gasteiger partial charge in [0.05, 0.1) is 22.4 Å². The van der Waals surface area contributed by atoms with Crippen LogP contribution in [-0.2, 0) is 10.3 Å². The first-order valence-corrected chi connectivity index (χ1v) is 17.1. The van der Waals surface area contributed by atoms with Gasteiger partial charge in [-0.2, -0.15) is 5.26 Å². The summed E-state index contributed by atoms with van der Waals surface area (Å²) in [7, 11) is 5.71. The van der Waals surface area contributed by atoms with Crippen molar-refractivity contribution < 1.29 is 28.2 Å². The van der Waals surface area contributed by atoms with Crippen molar-refractivity contribution in [1.29, 1.82) is 5.26 Å². The van der Waals surface area contributed by atoms with Crippen LogP contribution >= 0.6 is 11.3 Å². The normalized spacial score (nSPS) is 15.4. The largest absolute Gasteiger partial charge is 0.490 e. The molecule has 0 radical (unpaired) electrons. The minimum atomic E-state index is -1.29. The number of carbonyl (C=O) groups is 2. The summed E-state index contributed by atoms with van der Waals surface area (Å²) in [5, 5.41) is 15.5. The van der Waals surface area contributed by atoms with E-state index in [0.717, 1.165) is 37.1 Å². The fourth-order valence-corrected chi connectivity index (χ4v) is 7.21. The highest BCUT2D eigenvalue weighted by atomic mass is 32.1. The molecule has 2 aliphatic rings. The molecule has 0 bridgehead atoms. The molecule has 254 valence electrons. The highest BCUT2D eigenvalue weighted by Crippen LogP contribution is 2.57. The predicted octanol–water partition coefficient (Wildman–Crippen LogP) is 7.35. The quantitative estimate of drug-likeness (QED) is 0.108. The average molecular weight is 692 g/mol. The van der Waals surface area contributed by atoms with E-state index in [2.05, 4.69) is 15.6 Å². The molecule has 5 aromatic rings. The molecule has 3 heterocycles. The van der Waals surface area contributed by atoms with Gasteiger partial charge in [-0.15, -0.1) is 11.3 Å². The van der Waals surface area contributed by atoms with E-state index in [1.54, 1.807) is 24.3 Å². The molecule has 4 aromatic carbocycles. The number of hydrogen-bond donors (Lipinski definition) is 2. The maximum absolute atomic E-state index is 14.4. The van der Waals surface area contributed by atoms with Gasteiger partial charge in [-0.25, -0.2) is 14.2 Å². The van der Waals surface area contributed by atoms with Gasteiger partial charge in [0.25, 0.3) is 5.91 Å². The maximum Gasteiger partial charge on any atom is 0.340 e. The van der Waals surface area contributed by atoms with Crippen LogP contribution in [0.3, 0.4) is 0 Å². The van der Waals surface area contributed by atoms with Crippen molar-refractivity contribution in [3.63, 3.8) is 0 Å². The summed E-state index contributed by atoms with van der Waals surface area (Å²) >= 11 is 1.20. The first-order chi connectivity index (χ1) is 24.2. The van der Waals surface area contributed by atoms with Gasteiger partial charge in [-0.3, -0.25) is 4.79 Å². The van der Waals surface area contributed by atoms with Crippen molar-refractivity contribution in [3.8, 4) is 23.3 Å². The number of aromatic nitrogens is 1. The van der Waals surface area contributed by atoms with Gasteiger partial charge in [0.2, 0.25) is 0 Å². The van der Waals surface area contributed by atoms with Crippen molar-refractivity contribution in [1.82, 2.24) is 10.3 Å². The Morgan fingerprint density at radius 1 is 1.00 bits per heavy atom. The number of thiazole rings is 1. The van der Waals surface area contributed by atoms with Crippen LogP contribution < -0.4 is 25.0 Å². The predicted molar refractivity (Wildman–Crippen MR) is 189 cm³/mol. The van der Waals surface area contributed by atoms with E-state index in [1.807, 2.05) is 68.5 Å². The third kappa shape index (κ3) is 5.83. The standard InChI is InChI=1S/C38H34FN5O5S/c1-41-23-9-12-26-31(17-23)48-32-18-24(44(2)3)10-13-27(32)38(26)28-16-22(8-11-25(28)37(46)49-38)36(45)42-14-6-4-5-7-15-47-33-20-34-30(19-29(33)39)43-35(21-40)50-34/h8-13,16-20,41H,4-7,14-15H2,1-3H3,(H,42,45). The fourth-order valence-electron chi connectivity index (χ4n) is 6.44. The Labute approximate surface area is 292 Å². The number of halogens is 1. The molecule has 1 atom stereocenters. The zero-order valence-electron chi connectivity index (χ0n) is 27.8. The highest BCUT2D eigenvalue weighted by Gasteiger charge is 2.53. The molecular formula is C38H34FN5O5S. The van der Waals surface area contributed by atoms with Crippen LogP contribution in [0.15, 0.2) is 66.7 Å². The molecule has 1 unspecified atom stereocenters. The maximum atomic E-state index is 14.4. The van der Waals surface area contributed by atoms with E-state index in [9.17, 15) is 14.0 Å². The summed E-state index contributed by atoms with van der Waals surface area (Å²) in [6.07, 6.45) is 3.15. The summed E-state index contributed by atoms with van der Waals surface area (Å²) in [5.74, 6) is 0.0496. The Morgan fingerprint density at radius 3 is 2.56 bits per heavy atom. The molecule has 12 heteroatoms. The van der Waals surface area contributed by atoms with Crippen molar-refractivity contribution in [2.24, 2.45) is 0 Å². The lowest BCUT2D eigenvalue weighted by Gasteiger charge is -2.37. The molecule has 1 amide bonds. The Morgan fingerprint density at radius 2 is 1.78 bits per heavy atom. The average Bonchev–Trinajstić information content (AvgIpc) is 3.66. The molecular weight excluding hydrogens is 658 g/mol. The molecule has 50 heavy (non-hydrogen) atoms. The highest BCUT2D eigenvalue weighted by molar-refractivity contribution is 7.19. The van der Waals surface area contributed by atoms with Crippen LogP contribution in [0.5, 0.6) is 17.2 Å². The number of anilines is 2. The molecule has 1 spiro atoms. The number of hydrogen-bond acceptors (Lipinski definition) is 10. The Hall–Kier alpha value is -5.67. The Bertz CT molecular complexity index is 2190. The summed E-state index contributed by atoms with van der Waals surface area (Å²) < 4.78 is 33.5. The topological polar surface area (TPSA) is 126 Å². The summed E-state index contributed by atoms with van der Waals surface area (Å²) in [5.41, 5.74) is 3.69. The number of amides is 1. The smallest absolute Gasteiger partial charge is 0.340 e. The number of nitriles is 1. The molecule has 7 rings (SSSR count). The Balaban J connectivity index is 1.01. The zero-order chi connectivity index (χ0) is 35.0. The number of nitrogens with zero attached hydrogens (tertiary/aromatic N) is 3. The third-order valence-corrected chi connectivity index (χ3v) is 9.93. The van der Waals surface area contributed by atoms with Crippen LogP contribution in [0.4, 0.5) is 15.8 Å². The lowest BCUT2D eigenvalue weighted by Crippen LogP contribution is -2.33. The van der Waals surface area contributed by atoms with Crippen LogP contribution in [0, 0.1) is 17.1 Å². The molecule has 1 aromatic heterocycles. The number of rotatable bonds is 11. The third-order valence-electron chi connectivity index (χ3n) is 9.01. The van der Waals surface area contributed by atoms with E-state index in [4.69, 9.17) is 19.5 Å². The number of fused-ring (bicyclic) bond motifs is 7. The van der Waals surface area contributed by atoms with Crippen LogP contribution in [-0.4, -0.2) is 51.2 Å². The first kappa shape index (κ1) is 32.9. The Kier molecular flexibility index (Phi) is 8.76. The first-order valence-electron chi connectivity index (χ1n) is 16.3. The molecule has 0 saturated heterocycles. The van der Waals surface area contributed by atoms with Gasteiger partial charge in [-0.05, 0) is 55.3 Å². The van der Waals surface area contributed by atoms with Gasteiger partial charge < -0.3 is 29.7 Å². The molecule has 0 fully saturated rings. The fraction of sp³-hybridized carbons (Fsp3) is 0.263. The van der Waals surface area contributed by atoms with Gasteiger partial charge in [0.1, 0.15) is 17.6 Å². The molecule has 10 nitrogen and oxygen atoms in total. The summed E-state index contributed by atoms with van der Waals surface area (Å²) in [6, 6.07) is 21.4. The SMILES string of the molecule is CNc1ccc2c(c1)Oc1cc(N(C)C)ccc1C21OC(=O)c2ccc(C(=O)NCCCCCCOc3cc4sc(C#N)nc4cc3F)cc21. The van der Waals surface area contributed by atoms with Gasteiger partial charge in [0, 0.05) is 85.6 Å². The van der Waals surface area contributed by atoms with Crippen LogP contribution in [0.25, 0.3) is 10.2 Å². The lowest BCUT2D eigenvalue weighted by molar-refractivity contribution is 0.0224. The number of esters is 1. The van der Waals surface area contributed by atoms with E-state index in [-0.39, 0.29) is 16.7 Å². The van der Waals surface area contributed by atoms with E-state index >= 15 is 0 Å². The van der Waals surface area contributed by atoms with Crippen molar-refractivity contribution in [2.45, 2.75) is 31.3 Å². The second-order valence-electron chi connectivity index (χ2n) is 12.4. The molecule has 0 aliphatic carbocycles. The van der Waals surface area contributed by atoms with Crippen molar-refractivity contribution >= 4 is 44.8 Å². The molecule has 0 saturated carbocycles. The van der Waals surface area contributed by atoms with E-state index in [1.165, 1.54) is 17.4 Å². The summed E-state index contributed by atoms with van der Waals surface area (Å²) in [6.45, 7) is 0.815. The number of ether oxygens (including phenoxy) is 3. The van der Waals surface area contributed by atoms with E-state index < -0.39 is 17.4 Å². The van der Waals surface area contributed by atoms with Gasteiger partial charge in [0.15, 0.2) is 22.2 Å². The minimum Gasteiger partial charge on any atom is -0.490 e. The van der Waals surface area contributed by atoms with E-state index in [0.29, 0.717) is 62.7 Å². The zero-order valence-corrected chi connectivity index (χ0v) is 28.6. The van der Waals surface area contributed by atoms with Crippen molar-refractivity contribution in [2.75, 3.05) is 44.5 Å². The number of nitrogens with one attached hydrogen (secondary N) is 2. The van der Waals surface area contributed by atoms with Crippen LogP contribution in [0.2, 0.25) is 0 Å². The monoisotopic (exact) mass is 691 g/mol. The van der Waals surface area contributed by atoms with Gasteiger partial charge in [-0.1, -0.05) is 12.8 Å². The molecule has 2 aliphatic heterocycles. The van der Waals surface area contributed by atoms with Crippen LogP contribution in [0.1, 0.15) is 68.1 Å². The minimum absolute atomic E-state index is 0.148. The number of unbranched alkanes of at least 4 members (excludes halogenated alkanes) is 3.